The lowest BCUT2D eigenvalue weighted by molar-refractivity contribution is -0.124. The van der Waals surface area contributed by atoms with E-state index in [0.717, 1.165) is 0 Å². The van der Waals surface area contributed by atoms with Gasteiger partial charge >= 0.3 is 0 Å². The van der Waals surface area contributed by atoms with E-state index in [0.29, 0.717) is 18.7 Å². The quantitative estimate of drug-likeness (QED) is 0.769. The molecule has 1 aromatic heterocycles. The van der Waals surface area contributed by atoms with E-state index in [2.05, 4.69) is 15.5 Å². The Morgan fingerprint density at radius 1 is 1.55 bits per heavy atom. The zero-order valence-electron chi connectivity index (χ0n) is 10.8. The van der Waals surface area contributed by atoms with E-state index in [4.69, 9.17) is 4.74 Å². The highest BCUT2D eigenvalue weighted by molar-refractivity contribution is 5.97. The first-order valence-electron chi connectivity index (χ1n) is 6.07. The predicted molar refractivity (Wildman–Crippen MR) is 67.7 cm³/mol. The van der Waals surface area contributed by atoms with Crippen LogP contribution in [0.1, 0.15) is 12.5 Å². The fraction of sp³-hybridized carbons (Fsp3) is 0.417. The Hall–Kier alpha value is -2.22. The maximum Gasteiger partial charge on any atom is 0.278 e. The first-order chi connectivity index (χ1) is 9.44. The molecule has 0 saturated carbocycles. The minimum atomic E-state index is -0.798. The first kappa shape index (κ1) is 12.8. The minimum absolute atomic E-state index is 0.123. The van der Waals surface area contributed by atoms with Gasteiger partial charge in [0.05, 0.1) is 11.2 Å². The molecular weight excluding hydrogens is 267 g/mol. The number of amides is 1. The Balaban J connectivity index is 1.80. The Morgan fingerprint density at radius 3 is 2.85 bits per heavy atom. The van der Waals surface area contributed by atoms with Crippen LogP contribution in [0.5, 0.6) is 0 Å². The molecule has 3 rings (SSSR count). The summed E-state index contributed by atoms with van der Waals surface area (Å²) < 4.78 is 19.1. The molecule has 2 aliphatic heterocycles. The fourth-order valence-corrected chi connectivity index (χ4v) is 2.17. The summed E-state index contributed by atoms with van der Waals surface area (Å²) in [5.74, 6) is -0.582. The van der Waals surface area contributed by atoms with Crippen LogP contribution in [0.4, 0.5) is 10.2 Å². The van der Waals surface area contributed by atoms with Crippen LogP contribution in [0.15, 0.2) is 17.4 Å². The van der Waals surface area contributed by atoms with Gasteiger partial charge in [-0.2, -0.15) is 0 Å². The summed E-state index contributed by atoms with van der Waals surface area (Å²) in [5, 5.41) is 13.3. The Morgan fingerprint density at radius 2 is 2.30 bits per heavy atom. The molecule has 20 heavy (non-hydrogen) atoms. The van der Waals surface area contributed by atoms with Gasteiger partial charge < -0.3 is 14.7 Å². The highest BCUT2D eigenvalue weighted by atomic mass is 19.1. The second kappa shape index (κ2) is 4.41. The van der Waals surface area contributed by atoms with Crippen molar-refractivity contribution in [1.29, 1.82) is 0 Å². The second-order valence-electron chi connectivity index (χ2n) is 5.12. The molecule has 8 heteroatoms. The lowest BCUT2D eigenvalue weighted by atomic mass is 9.97. The number of carbonyl (C=O) groups is 1. The number of rotatable bonds is 2. The molecule has 1 saturated heterocycles. The summed E-state index contributed by atoms with van der Waals surface area (Å²) in [6.07, 6.45) is 1.42. The number of carbonyl (C=O) groups excluding carboxylic acids is 1. The van der Waals surface area contributed by atoms with Gasteiger partial charge in [0.1, 0.15) is 0 Å². The van der Waals surface area contributed by atoms with Gasteiger partial charge in [0.25, 0.3) is 5.91 Å². The number of β-amino-alcohol motifs (C(OH)–C–C–N with tert-alkyl or cyclic N) is 1. The third-order valence-corrected chi connectivity index (χ3v) is 3.05. The number of pyridine rings is 1. The van der Waals surface area contributed by atoms with Crippen molar-refractivity contribution in [2.45, 2.75) is 12.5 Å². The number of hydrogen-bond donors (Lipinski definition) is 2. The zero-order chi connectivity index (χ0) is 14.3. The Bertz CT molecular complexity index is 594. The third-order valence-electron chi connectivity index (χ3n) is 3.05. The van der Waals surface area contributed by atoms with Gasteiger partial charge in [0.15, 0.2) is 18.2 Å². The second-order valence-corrected chi connectivity index (χ2v) is 5.12. The molecule has 1 fully saturated rings. The summed E-state index contributed by atoms with van der Waals surface area (Å²) in [6, 6.07) is 1.24. The van der Waals surface area contributed by atoms with Crippen molar-refractivity contribution in [2.24, 2.45) is 5.10 Å². The Labute approximate surface area is 114 Å². The van der Waals surface area contributed by atoms with E-state index >= 15 is 0 Å². The summed E-state index contributed by atoms with van der Waals surface area (Å²) in [6.45, 7) is 2.20. The van der Waals surface area contributed by atoms with Gasteiger partial charge in [-0.3, -0.25) is 4.79 Å². The summed E-state index contributed by atoms with van der Waals surface area (Å²) in [7, 11) is 0. The van der Waals surface area contributed by atoms with Crippen molar-refractivity contribution in [2.75, 3.05) is 24.6 Å². The molecule has 3 heterocycles. The highest BCUT2D eigenvalue weighted by Gasteiger charge is 2.38. The number of aromatic nitrogens is 1. The lowest BCUT2D eigenvalue weighted by Gasteiger charge is -2.44. The van der Waals surface area contributed by atoms with Gasteiger partial charge in [-0.1, -0.05) is 0 Å². The highest BCUT2D eigenvalue weighted by Crippen LogP contribution is 2.28. The van der Waals surface area contributed by atoms with Crippen molar-refractivity contribution in [1.82, 2.24) is 10.4 Å². The minimum Gasteiger partial charge on any atom is -0.466 e. The van der Waals surface area contributed by atoms with Crippen molar-refractivity contribution < 1.29 is 19.0 Å². The number of anilines is 1. The summed E-state index contributed by atoms with van der Waals surface area (Å²) >= 11 is 0. The standard InChI is InChI=1S/C12H13FN4O3/c1-12(19)5-17(6-12)10-8(13)2-7(3-14-10)11-16-15-9(18)4-20-11/h2-3,19H,4-6H2,1H3,(H,15,18). The smallest absolute Gasteiger partial charge is 0.278 e. The third kappa shape index (κ3) is 2.29. The van der Waals surface area contributed by atoms with Gasteiger partial charge in [-0.15, -0.1) is 5.10 Å². The maximum atomic E-state index is 14.0. The molecule has 0 aliphatic carbocycles. The van der Waals surface area contributed by atoms with Crippen LogP contribution in [0.2, 0.25) is 0 Å². The van der Waals surface area contributed by atoms with Crippen molar-refractivity contribution in [3.05, 3.63) is 23.6 Å². The number of hydrogen-bond acceptors (Lipinski definition) is 6. The number of aliphatic hydroxyl groups is 1. The molecule has 1 amide bonds. The van der Waals surface area contributed by atoms with Crippen LogP contribution in [0.3, 0.4) is 0 Å². The van der Waals surface area contributed by atoms with E-state index in [1.165, 1.54) is 12.3 Å². The number of ether oxygens (including phenoxy) is 1. The molecule has 2 N–H and O–H groups in total. The van der Waals surface area contributed by atoms with E-state index in [9.17, 15) is 14.3 Å². The number of halogens is 1. The largest absolute Gasteiger partial charge is 0.466 e. The molecular formula is C12H13FN4O3. The first-order valence-corrected chi connectivity index (χ1v) is 6.07. The van der Waals surface area contributed by atoms with Crippen LogP contribution in [0.25, 0.3) is 0 Å². The molecule has 7 nitrogen and oxygen atoms in total. The van der Waals surface area contributed by atoms with Gasteiger partial charge in [0, 0.05) is 19.3 Å². The van der Waals surface area contributed by atoms with E-state index in [-0.39, 0.29) is 24.2 Å². The summed E-state index contributed by atoms with van der Waals surface area (Å²) in [4.78, 5) is 16.6. The fourth-order valence-electron chi connectivity index (χ4n) is 2.17. The van der Waals surface area contributed by atoms with Gasteiger partial charge in [0.2, 0.25) is 5.90 Å². The molecule has 0 unspecified atom stereocenters. The van der Waals surface area contributed by atoms with Crippen LogP contribution >= 0.6 is 0 Å². The normalized spacial score (nSPS) is 20.6. The monoisotopic (exact) mass is 280 g/mol. The van der Waals surface area contributed by atoms with E-state index < -0.39 is 11.4 Å². The number of nitrogens with one attached hydrogen (secondary N) is 1. The molecule has 0 radical (unpaired) electrons. The van der Waals surface area contributed by atoms with Crippen LogP contribution in [-0.4, -0.2) is 47.2 Å². The van der Waals surface area contributed by atoms with Crippen LogP contribution in [-0.2, 0) is 9.53 Å². The van der Waals surface area contributed by atoms with Crippen molar-refractivity contribution in [3.8, 4) is 0 Å². The molecule has 106 valence electrons. The van der Waals surface area contributed by atoms with Crippen molar-refractivity contribution >= 4 is 17.6 Å². The van der Waals surface area contributed by atoms with Crippen LogP contribution < -0.4 is 10.3 Å². The molecule has 2 aliphatic rings. The average Bonchev–Trinajstić information content (AvgIpc) is 2.37. The molecule has 0 atom stereocenters. The number of nitrogens with zero attached hydrogens (tertiary/aromatic N) is 3. The lowest BCUT2D eigenvalue weighted by Crippen LogP contribution is -2.60. The maximum absolute atomic E-state index is 14.0. The van der Waals surface area contributed by atoms with Gasteiger partial charge in [-0.25, -0.2) is 14.8 Å². The van der Waals surface area contributed by atoms with Crippen LogP contribution in [0, 0.1) is 5.82 Å². The van der Waals surface area contributed by atoms with Crippen molar-refractivity contribution in [3.63, 3.8) is 0 Å². The van der Waals surface area contributed by atoms with E-state index in [1.807, 2.05) is 0 Å². The molecule has 1 aromatic rings. The van der Waals surface area contributed by atoms with Gasteiger partial charge in [-0.05, 0) is 13.0 Å². The Kier molecular flexibility index (Phi) is 2.82. The predicted octanol–water partition coefficient (Wildman–Crippen LogP) is -0.400. The zero-order valence-corrected chi connectivity index (χ0v) is 10.8. The molecule has 0 spiro atoms. The topological polar surface area (TPSA) is 87.0 Å². The summed E-state index contributed by atoms with van der Waals surface area (Å²) in [5.41, 5.74) is 1.80. The number of hydrazone groups is 1. The average molecular weight is 280 g/mol. The van der Waals surface area contributed by atoms with E-state index in [1.54, 1.807) is 11.8 Å². The SMILES string of the molecule is CC1(O)CN(c2ncc(C3=NNC(=O)CO3)cc2F)C1. The molecule has 0 bridgehead atoms. The molecule has 0 aromatic carbocycles.